The standard InChI is InChI=1S/C26H25ClF2N2O/c1-16(2)12-13-32-25-11-7-18(15-30-25)17-6-8-19(20(27)14-17)23-9-10-24(31-23)26-21(28)4-3-5-22(26)29/h3-8,11,14-16,23H,9-10,12-13H2,1-2H3/t23-/m1/s1. The number of ether oxygens (including phenoxy) is 1. The Morgan fingerprint density at radius 1 is 1.06 bits per heavy atom. The lowest BCUT2D eigenvalue weighted by Gasteiger charge is -2.12. The minimum atomic E-state index is -0.588. The van der Waals surface area contributed by atoms with Crippen LogP contribution >= 0.6 is 11.6 Å². The largest absolute Gasteiger partial charge is 0.478 e. The molecule has 0 saturated carbocycles. The van der Waals surface area contributed by atoms with Crippen LogP contribution in [0, 0.1) is 17.6 Å². The normalized spacial score (nSPS) is 15.8. The van der Waals surface area contributed by atoms with Gasteiger partial charge in [0.05, 0.1) is 18.2 Å². The van der Waals surface area contributed by atoms with Crippen LogP contribution in [0.25, 0.3) is 11.1 Å². The first-order valence-electron chi connectivity index (χ1n) is 10.8. The molecule has 0 unspecified atom stereocenters. The number of rotatable bonds is 7. The van der Waals surface area contributed by atoms with Crippen LogP contribution in [-0.2, 0) is 0 Å². The van der Waals surface area contributed by atoms with E-state index in [1.54, 1.807) is 6.20 Å². The molecular formula is C26H25ClF2N2O. The average Bonchev–Trinajstić information content (AvgIpc) is 3.23. The summed E-state index contributed by atoms with van der Waals surface area (Å²) in [5.41, 5.74) is 3.12. The number of aliphatic imine (C=N–C) groups is 1. The molecule has 0 amide bonds. The molecule has 1 aromatic heterocycles. The molecule has 2 aromatic carbocycles. The molecule has 0 aliphatic carbocycles. The van der Waals surface area contributed by atoms with Crippen LogP contribution in [0.4, 0.5) is 8.78 Å². The maximum absolute atomic E-state index is 14.1. The average molecular weight is 455 g/mol. The van der Waals surface area contributed by atoms with Gasteiger partial charge in [0.2, 0.25) is 5.88 Å². The van der Waals surface area contributed by atoms with E-state index in [9.17, 15) is 8.78 Å². The van der Waals surface area contributed by atoms with Gasteiger partial charge >= 0.3 is 0 Å². The molecule has 1 aliphatic heterocycles. The zero-order chi connectivity index (χ0) is 22.7. The molecule has 0 saturated heterocycles. The van der Waals surface area contributed by atoms with Crippen molar-refractivity contribution in [2.75, 3.05) is 6.61 Å². The van der Waals surface area contributed by atoms with Crippen LogP contribution in [0.2, 0.25) is 5.02 Å². The fourth-order valence-corrected chi connectivity index (χ4v) is 4.10. The Hall–Kier alpha value is -2.79. The van der Waals surface area contributed by atoms with Crippen LogP contribution in [0.1, 0.15) is 50.3 Å². The van der Waals surface area contributed by atoms with Gasteiger partial charge in [-0.3, -0.25) is 4.99 Å². The molecule has 32 heavy (non-hydrogen) atoms. The van der Waals surface area contributed by atoms with Crippen molar-refractivity contribution in [2.45, 2.75) is 39.2 Å². The lowest BCUT2D eigenvalue weighted by Crippen LogP contribution is -2.03. The van der Waals surface area contributed by atoms with E-state index >= 15 is 0 Å². The number of benzene rings is 2. The van der Waals surface area contributed by atoms with E-state index in [-0.39, 0.29) is 11.6 Å². The second-order valence-electron chi connectivity index (χ2n) is 8.38. The third-order valence-electron chi connectivity index (χ3n) is 5.59. The Morgan fingerprint density at radius 3 is 2.47 bits per heavy atom. The first kappa shape index (κ1) is 22.4. The highest BCUT2D eigenvalue weighted by Crippen LogP contribution is 2.37. The molecule has 3 nitrogen and oxygen atoms in total. The predicted octanol–water partition coefficient (Wildman–Crippen LogP) is 7.43. The molecule has 3 aromatic rings. The van der Waals surface area contributed by atoms with Crippen molar-refractivity contribution in [3.63, 3.8) is 0 Å². The van der Waals surface area contributed by atoms with Crippen molar-refractivity contribution < 1.29 is 13.5 Å². The molecule has 0 bridgehead atoms. The van der Waals surface area contributed by atoms with E-state index < -0.39 is 11.6 Å². The van der Waals surface area contributed by atoms with Gasteiger partial charge in [-0.1, -0.05) is 43.6 Å². The minimum absolute atomic E-state index is 0.0375. The topological polar surface area (TPSA) is 34.5 Å². The van der Waals surface area contributed by atoms with Crippen molar-refractivity contribution in [2.24, 2.45) is 10.9 Å². The fraction of sp³-hybridized carbons (Fsp3) is 0.308. The molecule has 1 atom stereocenters. The quantitative estimate of drug-likeness (QED) is 0.372. The number of hydrogen-bond acceptors (Lipinski definition) is 3. The first-order valence-corrected chi connectivity index (χ1v) is 11.2. The highest BCUT2D eigenvalue weighted by molar-refractivity contribution is 6.31. The number of halogens is 3. The maximum Gasteiger partial charge on any atom is 0.213 e. The summed E-state index contributed by atoms with van der Waals surface area (Å²) in [4.78, 5) is 8.97. The second kappa shape index (κ2) is 9.78. The Morgan fingerprint density at radius 2 is 1.81 bits per heavy atom. The van der Waals surface area contributed by atoms with Crippen LogP contribution in [-0.4, -0.2) is 17.3 Å². The molecule has 0 spiro atoms. The monoisotopic (exact) mass is 454 g/mol. The lowest BCUT2D eigenvalue weighted by molar-refractivity contribution is 0.279. The van der Waals surface area contributed by atoms with Crippen molar-refractivity contribution in [1.82, 2.24) is 4.98 Å². The summed E-state index contributed by atoms with van der Waals surface area (Å²) < 4.78 is 33.9. The molecule has 0 N–H and O–H groups in total. The van der Waals surface area contributed by atoms with Gasteiger partial charge < -0.3 is 4.74 Å². The van der Waals surface area contributed by atoms with Gasteiger partial charge in [0.1, 0.15) is 11.6 Å². The zero-order valence-corrected chi connectivity index (χ0v) is 18.9. The Labute approximate surface area is 192 Å². The summed E-state index contributed by atoms with van der Waals surface area (Å²) in [5, 5.41) is 0.573. The summed E-state index contributed by atoms with van der Waals surface area (Å²) in [7, 11) is 0. The van der Waals surface area contributed by atoms with E-state index in [4.69, 9.17) is 16.3 Å². The summed E-state index contributed by atoms with van der Waals surface area (Å²) >= 11 is 6.58. The third-order valence-corrected chi connectivity index (χ3v) is 5.92. The molecular weight excluding hydrogens is 430 g/mol. The van der Waals surface area contributed by atoms with Gasteiger partial charge in [-0.05, 0) is 60.6 Å². The highest BCUT2D eigenvalue weighted by atomic mass is 35.5. The molecule has 6 heteroatoms. The number of aromatic nitrogens is 1. The first-order chi connectivity index (χ1) is 15.4. The van der Waals surface area contributed by atoms with Crippen molar-refractivity contribution in [1.29, 1.82) is 0 Å². The van der Waals surface area contributed by atoms with E-state index in [1.807, 2.05) is 30.3 Å². The SMILES string of the molecule is CC(C)CCOc1ccc(-c2ccc([C@H]3CCC(c4c(F)cccc4F)=N3)c(Cl)c2)cn1. The fourth-order valence-electron chi connectivity index (χ4n) is 3.79. The van der Waals surface area contributed by atoms with Crippen LogP contribution < -0.4 is 4.74 Å². The number of hydrogen-bond donors (Lipinski definition) is 0. The van der Waals surface area contributed by atoms with E-state index in [0.29, 0.717) is 42.0 Å². The van der Waals surface area contributed by atoms with E-state index in [1.165, 1.54) is 18.2 Å². The predicted molar refractivity (Wildman–Crippen MR) is 125 cm³/mol. The second-order valence-corrected chi connectivity index (χ2v) is 8.79. The van der Waals surface area contributed by atoms with Gasteiger partial charge in [-0.25, -0.2) is 13.8 Å². The summed E-state index contributed by atoms with van der Waals surface area (Å²) in [6, 6.07) is 13.2. The summed E-state index contributed by atoms with van der Waals surface area (Å²) in [6.07, 6.45) is 3.91. The van der Waals surface area contributed by atoms with Gasteiger partial charge in [0.25, 0.3) is 0 Å². The van der Waals surface area contributed by atoms with Gasteiger partial charge in [-0.2, -0.15) is 0 Å². The molecule has 0 radical (unpaired) electrons. The third kappa shape index (κ3) is 4.99. The number of pyridine rings is 1. The smallest absolute Gasteiger partial charge is 0.213 e. The molecule has 2 heterocycles. The van der Waals surface area contributed by atoms with E-state index in [2.05, 4.69) is 23.8 Å². The zero-order valence-electron chi connectivity index (χ0n) is 18.1. The van der Waals surface area contributed by atoms with Crippen LogP contribution in [0.3, 0.4) is 0 Å². The molecule has 4 rings (SSSR count). The van der Waals surface area contributed by atoms with Crippen molar-refractivity contribution in [3.8, 4) is 17.0 Å². The summed E-state index contributed by atoms with van der Waals surface area (Å²) in [5.74, 6) is 0.0104. The van der Waals surface area contributed by atoms with Crippen molar-refractivity contribution >= 4 is 17.3 Å². The lowest BCUT2D eigenvalue weighted by atomic mass is 9.99. The highest BCUT2D eigenvalue weighted by Gasteiger charge is 2.25. The maximum atomic E-state index is 14.1. The molecule has 0 fully saturated rings. The van der Waals surface area contributed by atoms with Gasteiger partial charge in [0, 0.05) is 28.6 Å². The number of nitrogens with zero attached hydrogens (tertiary/aromatic N) is 2. The Bertz CT molecular complexity index is 1110. The molecule has 166 valence electrons. The van der Waals surface area contributed by atoms with Gasteiger partial charge in [0.15, 0.2) is 0 Å². The van der Waals surface area contributed by atoms with Crippen LogP contribution in [0.15, 0.2) is 59.7 Å². The molecule has 1 aliphatic rings. The van der Waals surface area contributed by atoms with Gasteiger partial charge in [-0.15, -0.1) is 0 Å². The van der Waals surface area contributed by atoms with Crippen LogP contribution in [0.5, 0.6) is 5.88 Å². The Balaban J connectivity index is 1.50. The van der Waals surface area contributed by atoms with Crippen molar-refractivity contribution in [3.05, 3.63) is 82.5 Å². The Kier molecular flexibility index (Phi) is 6.85. The summed E-state index contributed by atoms with van der Waals surface area (Å²) in [6.45, 7) is 4.96. The van der Waals surface area contributed by atoms with E-state index in [0.717, 1.165) is 23.1 Å². The minimum Gasteiger partial charge on any atom is -0.478 e.